The number of benzene rings is 10. The van der Waals surface area contributed by atoms with E-state index < -0.39 is 199 Å². The average molecular weight is 1630 g/mol. The van der Waals surface area contributed by atoms with Gasteiger partial charge in [-0.3, -0.25) is 14.4 Å². The Morgan fingerprint density at radius 3 is 1.25 bits per heavy atom. The van der Waals surface area contributed by atoms with Crippen LogP contribution in [0, 0.1) is 41.8 Å². The van der Waals surface area contributed by atoms with Crippen molar-refractivity contribution in [3.8, 4) is 11.5 Å². The summed E-state index contributed by atoms with van der Waals surface area (Å²) in [6.45, 7) is 4.66. The van der Waals surface area contributed by atoms with Gasteiger partial charge in [0.2, 0.25) is 0 Å². The molecule has 4 atom stereocenters. The van der Waals surface area contributed by atoms with Gasteiger partial charge in [0, 0.05) is 30.9 Å². The van der Waals surface area contributed by atoms with E-state index in [2.05, 4.69) is 14.8 Å². The van der Waals surface area contributed by atoms with Gasteiger partial charge in [0.25, 0.3) is 17.7 Å². The quantitative estimate of drug-likeness (QED) is 0.0265. The van der Waals surface area contributed by atoms with Crippen LogP contribution in [0.1, 0.15) is 107 Å². The second-order valence-corrected chi connectivity index (χ2v) is 26.4. The maximum atomic E-state index is 15.7. The number of ether oxygens (including phenoxy) is 3. The van der Waals surface area contributed by atoms with E-state index >= 15 is 26.3 Å². The van der Waals surface area contributed by atoms with Crippen molar-refractivity contribution < 1.29 is 135 Å². The molecule has 0 aliphatic carbocycles. The van der Waals surface area contributed by atoms with Crippen LogP contribution in [0.2, 0.25) is 0 Å². The molecule has 606 valence electrons. The van der Waals surface area contributed by atoms with Crippen molar-refractivity contribution in [2.45, 2.75) is 106 Å². The van der Waals surface area contributed by atoms with Crippen LogP contribution in [0.5, 0.6) is 11.5 Å². The molecule has 0 radical (unpaired) electrons. The third-order valence-corrected chi connectivity index (χ3v) is 18.0. The van der Waals surface area contributed by atoms with Crippen LogP contribution in [-0.2, 0) is 68.7 Å². The van der Waals surface area contributed by atoms with Crippen molar-refractivity contribution in [3.63, 3.8) is 0 Å². The number of aliphatic hydroxyl groups is 1. The lowest BCUT2D eigenvalue weighted by Crippen LogP contribution is -2.70. The fourth-order valence-corrected chi connectivity index (χ4v) is 12.5. The number of hydrogen-bond donors (Lipinski definition) is 4. The Morgan fingerprint density at radius 2 is 0.817 bits per heavy atom. The van der Waals surface area contributed by atoms with Gasteiger partial charge in [0.15, 0.2) is 11.6 Å². The molecular formula is C82H61F22N3O8. The Hall–Kier alpha value is -11.9. The van der Waals surface area contributed by atoms with Gasteiger partial charge < -0.3 is 35.3 Å². The van der Waals surface area contributed by atoms with Crippen LogP contribution in [0.3, 0.4) is 0 Å². The number of methoxy groups -OCH3 is 1. The number of halogens is 22. The van der Waals surface area contributed by atoms with E-state index in [0.29, 0.717) is 60.2 Å². The van der Waals surface area contributed by atoms with E-state index in [4.69, 9.17) is 4.74 Å². The van der Waals surface area contributed by atoms with Gasteiger partial charge >= 0.3 is 48.8 Å². The summed E-state index contributed by atoms with van der Waals surface area (Å²) in [4.78, 5) is 55.2. The summed E-state index contributed by atoms with van der Waals surface area (Å²) in [7, 11) is 1.11. The zero-order chi connectivity index (χ0) is 84.8. The number of carbonyl (C=O) groups excluding carboxylic acids is 4. The standard InChI is InChI=1S/C47H34F12N2O3.C35H27F10NO5/c1-28-12-14-31(15-13-28)42(26-29-8-4-2-5-9-29,33-20-35(45(51,52)53)24-38(49)22-33)60-40(62)44(64,47(57,58)59)41(63)61-43(27-30-10-6-3-7-11-30,32-16-18-37(48)19-17-32)34-21-36(46(54,55)56)25-39(50)23-34;1-18(2)50-29-15-22(9-11-28(29)38)33(17-19-4-6-20(7-5-19)31(48)49-3,23-13-24(36)16-25(14-23)51-35(44,45)32(39)40)46-30(47)21-8-10-27(37)26(12-21)34(41,42)43/h2-25,64H,26-27H2,1H3,(H,60,62)(H,61,63);4-16,18,32H,17H2,1-3H3,(H,46,47)/t42-,43-,44?;33-/m10/s1. The number of nitrogens with one attached hydrogen (secondary N) is 3. The van der Waals surface area contributed by atoms with Crippen LogP contribution >= 0.6 is 0 Å². The first-order valence-electron chi connectivity index (χ1n) is 33.7. The number of carbonyl (C=O) groups is 4. The van der Waals surface area contributed by atoms with Crippen LogP contribution in [-0.4, -0.2) is 66.3 Å². The molecule has 1 unspecified atom stereocenters. The molecule has 10 aromatic rings. The van der Waals surface area contributed by atoms with Gasteiger partial charge in [-0.25, -0.2) is 31.1 Å². The molecule has 10 aromatic carbocycles. The number of hydrogen-bond acceptors (Lipinski definition) is 8. The van der Waals surface area contributed by atoms with E-state index in [1.165, 1.54) is 123 Å². The van der Waals surface area contributed by atoms with Crippen LogP contribution in [0.15, 0.2) is 224 Å². The van der Waals surface area contributed by atoms with Gasteiger partial charge in [-0.05, 0) is 174 Å². The molecule has 0 spiro atoms. The zero-order valence-corrected chi connectivity index (χ0v) is 59.8. The first kappa shape index (κ1) is 87.1. The summed E-state index contributed by atoms with van der Waals surface area (Å²) in [5, 5.41) is 18.1. The summed E-state index contributed by atoms with van der Waals surface area (Å²) in [6, 6.07) is 35.6. The Balaban J connectivity index is 0.000000270. The summed E-state index contributed by atoms with van der Waals surface area (Å²) < 4.78 is 331. The molecule has 0 bridgehead atoms. The lowest BCUT2D eigenvalue weighted by molar-refractivity contribution is -0.253. The maximum absolute atomic E-state index is 15.7. The first-order chi connectivity index (χ1) is 53.6. The van der Waals surface area contributed by atoms with Crippen molar-refractivity contribution in [2.75, 3.05) is 7.11 Å². The lowest BCUT2D eigenvalue weighted by Gasteiger charge is -2.42. The van der Waals surface area contributed by atoms with Crippen LogP contribution in [0.4, 0.5) is 96.6 Å². The van der Waals surface area contributed by atoms with Gasteiger partial charge in [0.1, 0.15) is 34.8 Å². The number of alkyl halides is 16. The topological polar surface area (TPSA) is 152 Å². The van der Waals surface area contributed by atoms with Crippen molar-refractivity contribution >= 4 is 23.7 Å². The van der Waals surface area contributed by atoms with E-state index in [1.54, 1.807) is 6.92 Å². The molecule has 10 rings (SSSR count). The van der Waals surface area contributed by atoms with Gasteiger partial charge in [0.05, 0.1) is 52.1 Å². The highest BCUT2D eigenvalue weighted by atomic mass is 19.4. The molecule has 11 nitrogen and oxygen atoms in total. The van der Waals surface area contributed by atoms with Gasteiger partial charge in [-0.1, -0.05) is 121 Å². The van der Waals surface area contributed by atoms with Crippen molar-refractivity contribution in [2.24, 2.45) is 0 Å². The molecule has 0 heterocycles. The minimum absolute atomic E-state index is 0.0481. The third-order valence-electron chi connectivity index (χ3n) is 18.0. The van der Waals surface area contributed by atoms with Crippen molar-refractivity contribution in [3.05, 3.63) is 343 Å². The van der Waals surface area contributed by atoms with E-state index in [0.717, 1.165) is 49.6 Å². The molecule has 0 aromatic heterocycles. The smallest absolute Gasteiger partial charge is 0.461 e. The zero-order valence-electron chi connectivity index (χ0n) is 59.8. The molecule has 4 N–H and O–H groups in total. The molecule has 0 aliphatic rings. The van der Waals surface area contributed by atoms with Crippen LogP contribution < -0.4 is 25.4 Å². The highest BCUT2D eigenvalue weighted by molar-refractivity contribution is 6.10. The molecular weight excluding hydrogens is 1570 g/mol. The largest absolute Gasteiger partial charge is 0.488 e. The molecule has 33 heteroatoms. The second-order valence-electron chi connectivity index (χ2n) is 26.4. The van der Waals surface area contributed by atoms with Crippen molar-refractivity contribution in [1.29, 1.82) is 0 Å². The SMILES string of the molecule is COC(=O)c1ccc(C[C@@](NC(=O)c2ccc(F)c(C(F)(F)F)c2)(c2cc(F)cc(OC(F)(F)C(F)F)c2)c2ccc(F)c(OC(C)C)c2)cc1.Cc1ccc([C@@](Cc2ccccc2)(NC(=O)C(O)(C(=O)N[C@](Cc2ccccc2)(c2ccc(F)cc2)c2cc(F)cc(C(F)(F)F)c2)C(F)(F)F)c2cc(F)cc(C(F)(F)F)c2)cc1. The Kier molecular flexibility index (Phi) is 25.8. The van der Waals surface area contributed by atoms with Gasteiger partial charge in [-0.15, -0.1) is 0 Å². The second kappa shape index (κ2) is 34.0. The average Bonchev–Trinajstić information content (AvgIpc) is 0.735. The highest BCUT2D eigenvalue weighted by Gasteiger charge is 2.67. The lowest BCUT2D eigenvalue weighted by atomic mass is 9.75. The molecule has 0 saturated carbocycles. The minimum atomic E-state index is -6.35. The molecule has 0 fully saturated rings. The summed E-state index contributed by atoms with van der Waals surface area (Å²) in [5.74, 6) is -17.1. The molecule has 0 aliphatic heterocycles. The molecule has 115 heavy (non-hydrogen) atoms. The maximum Gasteiger partial charge on any atom is 0.461 e. The van der Waals surface area contributed by atoms with Crippen molar-refractivity contribution in [1.82, 2.24) is 16.0 Å². The van der Waals surface area contributed by atoms with E-state index in [9.17, 15) is 94.5 Å². The predicted octanol–water partition coefficient (Wildman–Crippen LogP) is 19.5. The van der Waals surface area contributed by atoms with Gasteiger partial charge in [-0.2, -0.15) is 70.2 Å². The Labute approximate surface area is 639 Å². The Morgan fingerprint density at radius 1 is 0.409 bits per heavy atom. The normalized spacial score (nSPS) is 14.2. The van der Waals surface area contributed by atoms with E-state index in [1.807, 2.05) is 10.6 Å². The molecule has 0 saturated heterocycles. The summed E-state index contributed by atoms with van der Waals surface area (Å²) >= 11 is 0. The first-order valence-corrected chi connectivity index (χ1v) is 33.7. The highest BCUT2D eigenvalue weighted by Crippen LogP contribution is 2.46. The fraction of sp³-hybridized carbons (Fsp3) is 0.220. The monoisotopic (exact) mass is 1630 g/mol. The third kappa shape index (κ3) is 20.0. The van der Waals surface area contributed by atoms with Crippen LogP contribution in [0.25, 0.3) is 0 Å². The predicted molar refractivity (Wildman–Crippen MR) is 371 cm³/mol. The fourth-order valence-electron chi connectivity index (χ4n) is 12.5. The number of rotatable bonds is 24. The number of amides is 3. The summed E-state index contributed by atoms with van der Waals surface area (Å²) in [5.41, 5.74) is -21.0. The summed E-state index contributed by atoms with van der Waals surface area (Å²) in [6.07, 6.45) is -34.4. The number of esters is 1. The number of aryl methyl sites for hydroxylation is 1. The molecule has 3 amide bonds. The minimum Gasteiger partial charge on any atom is -0.488 e. The van der Waals surface area contributed by atoms with E-state index in [-0.39, 0.29) is 51.6 Å². The Bertz CT molecular complexity index is 4970.